The van der Waals surface area contributed by atoms with Gasteiger partial charge in [-0.15, -0.1) is 24.8 Å². The van der Waals surface area contributed by atoms with Gasteiger partial charge in [-0.1, -0.05) is 67.3 Å². The van der Waals surface area contributed by atoms with Gasteiger partial charge in [0.15, 0.2) is 0 Å². The Hall–Kier alpha value is -1.01. The van der Waals surface area contributed by atoms with Crippen LogP contribution >= 0.6 is 36.4 Å². The van der Waals surface area contributed by atoms with Gasteiger partial charge in [-0.25, -0.2) is 0 Å². The van der Waals surface area contributed by atoms with Crippen molar-refractivity contribution in [2.75, 3.05) is 39.8 Å². The van der Waals surface area contributed by atoms with E-state index < -0.39 is 5.60 Å². The predicted octanol–water partition coefficient (Wildman–Crippen LogP) is 5.79. The summed E-state index contributed by atoms with van der Waals surface area (Å²) in [5.74, 6) is 0.764. The third-order valence-corrected chi connectivity index (χ3v) is 7.30. The highest BCUT2D eigenvalue weighted by Gasteiger charge is 2.40. The van der Waals surface area contributed by atoms with Gasteiger partial charge in [0.25, 0.3) is 0 Å². The standard InChI is InChI=1S/C26H35ClN2O2.2ClH/c1-28-14-16-29(17-15-28)19-23(26(30)12-6-3-7-13-26)22-10-11-25(24(27)18-22)31-20-21-8-4-2-5-9-21;;/h2,4-5,8-11,18,23,30H,3,6-7,12-17,19-20H2,1H3;2*1H/t23-;;/m0../s1. The summed E-state index contributed by atoms with van der Waals surface area (Å²) in [6, 6.07) is 16.2. The Kier molecular flexibility index (Phi) is 11.3. The van der Waals surface area contributed by atoms with Crippen LogP contribution in [0.4, 0.5) is 0 Å². The topological polar surface area (TPSA) is 35.9 Å². The second kappa shape index (κ2) is 13.2. The second-order valence-electron chi connectivity index (χ2n) is 9.28. The normalized spacial score (nSPS) is 19.7. The molecule has 0 amide bonds. The fourth-order valence-corrected chi connectivity index (χ4v) is 5.22. The van der Waals surface area contributed by atoms with Gasteiger partial charge < -0.3 is 19.6 Å². The van der Waals surface area contributed by atoms with E-state index >= 15 is 0 Å². The monoisotopic (exact) mass is 514 g/mol. The van der Waals surface area contributed by atoms with Gasteiger partial charge in [0.1, 0.15) is 12.4 Å². The highest BCUT2D eigenvalue weighted by Crippen LogP contribution is 2.42. The van der Waals surface area contributed by atoms with Crippen LogP contribution in [0.5, 0.6) is 5.75 Å². The smallest absolute Gasteiger partial charge is 0.138 e. The van der Waals surface area contributed by atoms with Crippen LogP contribution in [-0.2, 0) is 6.61 Å². The van der Waals surface area contributed by atoms with E-state index in [1.165, 1.54) is 6.42 Å². The maximum absolute atomic E-state index is 11.7. The molecule has 184 valence electrons. The van der Waals surface area contributed by atoms with Crippen LogP contribution in [0.1, 0.15) is 49.1 Å². The Morgan fingerprint density at radius 2 is 1.64 bits per heavy atom. The van der Waals surface area contributed by atoms with Crippen molar-refractivity contribution in [1.82, 2.24) is 9.80 Å². The van der Waals surface area contributed by atoms with E-state index in [0.717, 1.165) is 69.5 Å². The molecule has 1 saturated carbocycles. The molecule has 2 aromatic carbocycles. The van der Waals surface area contributed by atoms with Gasteiger partial charge >= 0.3 is 0 Å². The summed E-state index contributed by atoms with van der Waals surface area (Å²) in [7, 11) is 2.18. The maximum Gasteiger partial charge on any atom is 0.138 e. The summed E-state index contributed by atoms with van der Waals surface area (Å²) in [6.07, 6.45) is 5.16. The number of hydrogen-bond acceptors (Lipinski definition) is 4. The second-order valence-corrected chi connectivity index (χ2v) is 9.69. The average Bonchev–Trinajstić information content (AvgIpc) is 2.79. The molecule has 1 aliphatic carbocycles. The molecule has 1 aliphatic heterocycles. The van der Waals surface area contributed by atoms with Crippen LogP contribution in [0.15, 0.2) is 48.5 Å². The van der Waals surface area contributed by atoms with Crippen molar-refractivity contribution in [2.24, 2.45) is 0 Å². The fraction of sp³-hybridized carbons (Fsp3) is 0.538. The lowest BCUT2D eigenvalue weighted by molar-refractivity contribution is -0.0337. The number of piperazine rings is 1. The summed E-state index contributed by atoms with van der Waals surface area (Å²) in [5, 5.41) is 12.3. The zero-order chi connectivity index (χ0) is 21.7. The molecule has 4 rings (SSSR count). The van der Waals surface area contributed by atoms with Crippen molar-refractivity contribution in [3.05, 3.63) is 64.7 Å². The van der Waals surface area contributed by atoms with Crippen LogP contribution in [0.25, 0.3) is 0 Å². The number of hydrogen-bond donors (Lipinski definition) is 1. The molecule has 2 fully saturated rings. The lowest BCUT2D eigenvalue weighted by Gasteiger charge is -2.43. The van der Waals surface area contributed by atoms with Crippen molar-refractivity contribution in [1.29, 1.82) is 0 Å². The van der Waals surface area contributed by atoms with E-state index in [9.17, 15) is 5.11 Å². The molecule has 0 unspecified atom stereocenters. The van der Waals surface area contributed by atoms with Gasteiger partial charge in [0.2, 0.25) is 0 Å². The molecular weight excluding hydrogens is 479 g/mol. The van der Waals surface area contributed by atoms with E-state index in [2.05, 4.69) is 22.9 Å². The van der Waals surface area contributed by atoms with E-state index in [4.69, 9.17) is 16.3 Å². The van der Waals surface area contributed by atoms with E-state index in [1.54, 1.807) is 0 Å². The Balaban J connectivity index is 0.00000193. The molecule has 1 atom stereocenters. The molecule has 1 saturated heterocycles. The number of likely N-dealkylation sites (N-methyl/N-ethyl adjacent to an activating group) is 1. The lowest BCUT2D eigenvalue weighted by atomic mass is 9.72. The first-order valence-corrected chi connectivity index (χ1v) is 12.0. The highest BCUT2D eigenvalue weighted by molar-refractivity contribution is 6.32. The van der Waals surface area contributed by atoms with Crippen LogP contribution in [-0.4, -0.2) is 60.3 Å². The van der Waals surface area contributed by atoms with Crippen LogP contribution in [0, 0.1) is 0 Å². The van der Waals surface area contributed by atoms with Crippen molar-refractivity contribution in [2.45, 2.75) is 50.2 Å². The minimum atomic E-state index is -0.655. The Bertz CT molecular complexity index is 839. The minimum absolute atomic E-state index is 0. The predicted molar refractivity (Wildman–Crippen MR) is 141 cm³/mol. The number of ether oxygens (including phenoxy) is 1. The molecule has 0 bridgehead atoms. The maximum atomic E-state index is 11.7. The quantitative estimate of drug-likeness (QED) is 0.506. The number of nitrogens with zero attached hydrogens (tertiary/aromatic N) is 2. The van der Waals surface area contributed by atoms with Crippen molar-refractivity contribution in [3.8, 4) is 5.75 Å². The molecule has 0 radical (unpaired) electrons. The van der Waals surface area contributed by atoms with Crippen molar-refractivity contribution in [3.63, 3.8) is 0 Å². The molecule has 0 aromatic heterocycles. The molecule has 33 heavy (non-hydrogen) atoms. The summed E-state index contributed by atoms with van der Waals surface area (Å²) in [4.78, 5) is 4.88. The van der Waals surface area contributed by atoms with E-state index in [1.807, 2.05) is 42.5 Å². The third-order valence-electron chi connectivity index (χ3n) is 7.00. The van der Waals surface area contributed by atoms with E-state index in [-0.39, 0.29) is 30.7 Å². The highest BCUT2D eigenvalue weighted by atomic mass is 35.5. The fourth-order valence-electron chi connectivity index (χ4n) is 4.97. The molecule has 7 heteroatoms. The summed E-state index contributed by atoms with van der Waals surface area (Å²) < 4.78 is 5.98. The van der Waals surface area contributed by atoms with Crippen LogP contribution < -0.4 is 4.74 Å². The van der Waals surface area contributed by atoms with Gasteiger partial charge in [0.05, 0.1) is 10.6 Å². The van der Waals surface area contributed by atoms with Crippen LogP contribution in [0.3, 0.4) is 0 Å². The number of benzene rings is 2. The minimum Gasteiger partial charge on any atom is -0.487 e. The zero-order valence-corrected chi connectivity index (χ0v) is 21.8. The zero-order valence-electron chi connectivity index (χ0n) is 19.4. The van der Waals surface area contributed by atoms with Gasteiger partial charge in [-0.3, -0.25) is 0 Å². The van der Waals surface area contributed by atoms with E-state index in [0.29, 0.717) is 17.4 Å². The number of halogens is 3. The molecule has 2 aliphatic rings. The molecule has 0 spiro atoms. The van der Waals surface area contributed by atoms with Gasteiger partial charge in [-0.05, 0) is 43.1 Å². The summed E-state index contributed by atoms with van der Waals surface area (Å²) >= 11 is 6.66. The van der Waals surface area contributed by atoms with Crippen LogP contribution in [0.2, 0.25) is 5.02 Å². The average molecular weight is 516 g/mol. The Morgan fingerprint density at radius 1 is 0.970 bits per heavy atom. The first-order chi connectivity index (χ1) is 15.0. The van der Waals surface area contributed by atoms with Gasteiger partial charge in [-0.2, -0.15) is 0 Å². The molecule has 2 aromatic rings. The van der Waals surface area contributed by atoms with Crippen molar-refractivity contribution < 1.29 is 9.84 Å². The van der Waals surface area contributed by atoms with Crippen molar-refractivity contribution >= 4 is 36.4 Å². The Labute approximate surface area is 216 Å². The molecular formula is C26H37Cl3N2O2. The first kappa shape index (κ1) is 28.2. The Morgan fingerprint density at radius 3 is 2.27 bits per heavy atom. The molecule has 4 nitrogen and oxygen atoms in total. The number of rotatable bonds is 7. The summed E-state index contributed by atoms with van der Waals surface area (Å²) in [5.41, 5.74) is 1.59. The van der Waals surface area contributed by atoms with Gasteiger partial charge in [0, 0.05) is 38.6 Å². The largest absolute Gasteiger partial charge is 0.487 e. The SMILES string of the molecule is CN1CCN(C[C@@H](c2ccc(OCc3ccccc3)c(Cl)c2)C2(O)CCCCC2)CC1.Cl.Cl. The summed E-state index contributed by atoms with van der Waals surface area (Å²) in [6.45, 7) is 5.64. The molecule has 1 N–H and O–H groups in total. The number of aliphatic hydroxyl groups is 1. The lowest BCUT2D eigenvalue weighted by Crippen LogP contribution is -2.50. The third kappa shape index (κ3) is 7.48. The molecule has 1 heterocycles. The first-order valence-electron chi connectivity index (χ1n) is 11.6.